The Morgan fingerprint density at radius 1 is 1.67 bits per heavy atom. The molecule has 54 valence electrons. The van der Waals surface area contributed by atoms with Gasteiger partial charge in [0.2, 0.25) is 0 Å². The largest absolute Gasteiger partial charge is 0.390 e. The maximum atomic E-state index is 9.30. The molecule has 1 aliphatic rings. The first-order chi connectivity index (χ1) is 4.01. The molecular weight excluding hydrogens is 229 g/mol. The Balaban J connectivity index is 2.27. The van der Waals surface area contributed by atoms with Crippen molar-refractivity contribution in [3.8, 4) is 0 Å². The average Bonchev–Trinajstić information content (AvgIpc) is 1.59. The Hall–Kier alpha value is 0.650. The fourth-order valence-corrected chi connectivity index (χ4v) is 1.60. The lowest BCUT2D eigenvalue weighted by Gasteiger charge is -2.43. The highest BCUT2D eigenvalue weighted by Crippen LogP contribution is 2.35. The highest BCUT2D eigenvalue weighted by Gasteiger charge is 2.39. The van der Waals surface area contributed by atoms with E-state index in [1.54, 1.807) is 0 Å². The zero-order valence-electron chi connectivity index (χ0n) is 5.76. The van der Waals surface area contributed by atoms with Crippen molar-refractivity contribution in [3.63, 3.8) is 0 Å². The number of nitrogens with zero attached hydrogens (tertiary/aromatic N) is 1. The predicted molar refractivity (Wildman–Crippen MR) is 45.4 cm³/mol. The van der Waals surface area contributed by atoms with Crippen LogP contribution in [0.5, 0.6) is 0 Å². The SMILES string of the molecule is CN(I)C1CC(C)(O)C1. The standard InChI is InChI=1S/C6H12INO/c1-6(9)3-5(4-6)8(2)7/h5,9H,3-4H2,1-2H3. The number of hydrogen-bond acceptors (Lipinski definition) is 2. The Morgan fingerprint density at radius 2 is 2.11 bits per heavy atom. The zero-order chi connectivity index (χ0) is 7.07. The molecule has 2 nitrogen and oxygen atoms in total. The second kappa shape index (κ2) is 2.36. The van der Waals surface area contributed by atoms with Crippen LogP contribution in [-0.2, 0) is 0 Å². The molecule has 0 aromatic heterocycles. The van der Waals surface area contributed by atoms with Crippen LogP contribution in [0.25, 0.3) is 0 Å². The van der Waals surface area contributed by atoms with Gasteiger partial charge < -0.3 is 5.11 Å². The molecule has 0 bridgehead atoms. The Kier molecular flexibility index (Phi) is 2.03. The quantitative estimate of drug-likeness (QED) is 0.550. The molecule has 3 heteroatoms. The smallest absolute Gasteiger partial charge is 0.0650 e. The number of halogens is 1. The van der Waals surface area contributed by atoms with Crippen LogP contribution < -0.4 is 0 Å². The number of aliphatic hydroxyl groups is 1. The molecule has 1 fully saturated rings. The lowest BCUT2D eigenvalue weighted by atomic mass is 9.77. The third-order valence-corrected chi connectivity index (χ3v) is 2.64. The molecule has 0 unspecified atom stereocenters. The van der Waals surface area contributed by atoms with Crippen molar-refractivity contribution in [1.82, 2.24) is 3.11 Å². The summed E-state index contributed by atoms with van der Waals surface area (Å²) in [5, 5.41) is 9.30. The van der Waals surface area contributed by atoms with Crippen LogP contribution >= 0.6 is 22.9 Å². The maximum absolute atomic E-state index is 9.30. The number of hydrogen-bond donors (Lipinski definition) is 1. The summed E-state index contributed by atoms with van der Waals surface area (Å²) in [6.45, 7) is 1.89. The minimum atomic E-state index is -0.371. The van der Waals surface area contributed by atoms with Crippen molar-refractivity contribution in [3.05, 3.63) is 0 Å². The van der Waals surface area contributed by atoms with E-state index >= 15 is 0 Å². The van der Waals surface area contributed by atoms with Gasteiger partial charge >= 0.3 is 0 Å². The molecule has 0 aliphatic heterocycles. The fraction of sp³-hybridized carbons (Fsp3) is 1.00. The third kappa shape index (κ3) is 1.78. The summed E-state index contributed by atoms with van der Waals surface area (Å²) in [6.07, 6.45) is 1.85. The van der Waals surface area contributed by atoms with Gasteiger partial charge in [-0.3, -0.25) is 0 Å². The summed E-state index contributed by atoms with van der Waals surface area (Å²) in [6, 6.07) is 0.598. The van der Waals surface area contributed by atoms with E-state index in [0.717, 1.165) is 12.8 Å². The molecule has 9 heavy (non-hydrogen) atoms. The zero-order valence-corrected chi connectivity index (χ0v) is 7.92. The Labute approximate surface area is 69.7 Å². The lowest BCUT2D eigenvalue weighted by Crippen LogP contribution is -2.49. The van der Waals surface area contributed by atoms with Crippen LogP contribution in [0.4, 0.5) is 0 Å². The summed E-state index contributed by atoms with van der Waals surface area (Å²) in [5.41, 5.74) is -0.371. The van der Waals surface area contributed by atoms with E-state index in [2.05, 4.69) is 26.0 Å². The second-order valence-corrected chi connectivity index (χ2v) is 4.61. The molecule has 1 aliphatic carbocycles. The normalized spacial score (nSPS) is 43.0. The van der Waals surface area contributed by atoms with Crippen molar-refractivity contribution < 1.29 is 5.11 Å². The van der Waals surface area contributed by atoms with Crippen molar-refractivity contribution in [2.75, 3.05) is 7.05 Å². The topological polar surface area (TPSA) is 23.5 Å². The van der Waals surface area contributed by atoms with Crippen LogP contribution in [0.15, 0.2) is 0 Å². The van der Waals surface area contributed by atoms with Gasteiger partial charge in [-0.1, -0.05) is 0 Å². The Bertz CT molecular complexity index is 106. The first-order valence-corrected chi connectivity index (χ1v) is 4.09. The van der Waals surface area contributed by atoms with E-state index in [1.807, 2.05) is 14.0 Å². The molecular formula is C6H12INO. The molecule has 0 saturated heterocycles. The van der Waals surface area contributed by atoms with Crippen LogP contribution in [0, 0.1) is 0 Å². The van der Waals surface area contributed by atoms with Gasteiger partial charge in [-0.05, 0) is 26.8 Å². The van der Waals surface area contributed by atoms with Crippen LogP contribution in [0.2, 0.25) is 0 Å². The summed E-state index contributed by atoms with van der Waals surface area (Å²) >= 11 is 2.26. The monoisotopic (exact) mass is 241 g/mol. The van der Waals surface area contributed by atoms with Crippen molar-refractivity contribution >= 4 is 22.9 Å². The summed E-state index contributed by atoms with van der Waals surface area (Å²) < 4.78 is 2.13. The van der Waals surface area contributed by atoms with E-state index in [9.17, 15) is 5.11 Å². The molecule has 0 aromatic carbocycles. The van der Waals surface area contributed by atoms with Gasteiger partial charge in [0, 0.05) is 28.9 Å². The summed E-state index contributed by atoms with van der Waals surface area (Å²) in [7, 11) is 2.04. The van der Waals surface area contributed by atoms with Gasteiger partial charge in [-0.25, -0.2) is 3.11 Å². The molecule has 1 N–H and O–H groups in total. The molecule has 0 aromatic rings. The fourth-order valence-electron chi connectivity index (χ4n) is 1.21. The van der Waals surface area contributed by atoms with E-state index in [-0.39, 0.29) is 5.60 Å². The molecule has 1 saturated carbocycles. The molecule has 0 atom stereocenters. The van der Waals surface area contributed by atoms with Crippen LogP contribution in [0.1, 0.15) is 19.8 Å². The summed E-state index contributed by atoms with van der Waals surface area (Å²) in [5.74, 6) is 0. The minimum absolute atomic E-state index is 0.371. The third-order valence-electron chi connectivity index (χ3n) is 1.85. The highest BCUT2D eigenvalue weighted by molar-refractivity contribution is 14.1. The first kappa shape index (κ1) is 7.75. The molecule has 0 spiro atoms. The van der Waals surface area contributed by atoms with Gasteiger partial charge in [0.1, 0.15) is 0 Å². The predicted octanol–water partition coefficient (Wildman–Crippen LogP) is 1.18. The van der Waals surface area contributed by atoms with Gasteiger partial charge in [0.25, 0.3) is 0 Å². The first-order valence-electron chi connectivity index (χ1n) is 3.12. The lowest BCUT2D eigenvalue weighted by molar-refractivity contribution is -0.0500. The van der Waals surface area contributed by atoms with Crippen LogP contribution in [-0.4, -0.2) is 26.9 Å². The maximum Gasteiger partial charge on any atom is 0.0650 e. The summed E-state index contributed by atoms with van der Waals surface area (Å²) in [4.78, 5) is 0. The van der Waals surface area contributed by atoms with E-state index < -0.39 is 0 Å². The van der Waals surface area contributed by atoms with E-state index in [4.69, 9.17) is 0 Å². The van der Waals surface area contributed by atoms with Gasteiger partial charge in [0.05, 0.1) is 5.60 Å². The van der Waals surface area contributed by atoms with E-state index in [0.29, 0.717) is 6.04 Å². The number of rotatable bonds is 1. The van der Waals surface area contributed by atoms with Crippen LogP contribution in [0.3, 0.4) is 0 Å². The molecule has 1 rings (SSSR count). The molecule has 0 heterocycles. The van der Waals surface area contributed by atoms with Gasteiger partial charge in [-0.2, -0.15) is 0 Å². The van der Waals surface area contributed by atoms with Gasteiger partial charge in [-0.15, -0.1) is 0 Å². The molecule has 0 radical (unpaired) electrons. The Morgan fingerprint density at radius 3 is 2.22 bits per heavy atom. The van der Waals surface area contributed by atoms with Crippen molar-refractivity contribution in [1.29, 1.82) is 0 Å². The van der Waals surface area contributed by atoms with Gasteiger partial charge in [0.15, 0.2) is 0 Å². The highest BCUT2D eigenvalue weighted by atomic mass is 127. The second-order valence-electron chi connectivity index (χ2n) is 3.08. The molecule has 0 amide bonds. The minimum Gasteiger partial charge on any atom is -0.390 e. The average molecular weight is 241 g/mol. The van der Waals surface area contributed by atoms with E-state index in [1.165, 1.54) is 0 Å². The van der Waals surface area contributed by atoms with Crippen molar-refractivity contribution in [2.45, 2.75) is 31.4 Å². The van der Waals surface area contributed by atoms with Crippen molar-refractivity contribution in [2.24, 2.45) is 0 Å².